The molecule has 1 unspecified atom stereocenters. The topological polar surface area (TPSA) is 59.2 Å². The van der Waals surface area contributed by atoms with E-state index in [2.05, 4.69) is 36.1 Å². The van der Waals surface area contributed by atoms with Crippen LogP contribution in [-0.2, 0) is 11.2 Å². The standard InChI is InChI=1S/C22H23N3O2/c1-4-16-7-5-6-8-19(16)25-13-17(12-20(25)26)22-23-21(24-27-22)18-10-9-14(2)11-15(18)3/h5-11,17H,4,12-13H2,1-3H3. The Kier molecular flexibility index (Phi) is 4.52. The van der Waals surface area contributed by atoms with Gasteiger partial charge in [-0.1, -0.05) is 54.0 Å². The van der Waals surface area contributed by atoms with Gasteiger partial charge in [0.2, 0.25) is 17.6 Å². The number of hydrogen-bond acceptors (Lipinski definition) is 4. The lowest BCUT2D eigenvalue weighted by atomic mass is 10.1. The highest BCUT2D eigenvalue weighted by molar-refractivity contribution is 5.97. The number of aromatic nitrogens is 2. The molecule has 27 heavy (non-hydrogen) atoms. The van der Waals surface area contributed by atoms with E-state index in [1.165, 1.54) is 11.1 Å². The number of carbonyl (C=O) groups is 1. The first-order valence-electron chi connectivity index (χ1n) is 9.36. The largest absolute Gasteiger partial charge is 0.339 e. The van der Waals surface area contributed by atoms with Crippen LogP contribution in [0.4, 0.5) is 5.69 Å². The molecule has 2 heterocycles. The van der Waals surface area contributed by atoms with Gasteiger partial charge in [0, 0.05) is 24.2 Å². The lowest BCUT2D eigenvalue weighted by Gasteiger charge is -2.19. The van der Waals surface area contributed by atoms with Gasteiger partial charge in [0.25, 0.3) is 0 Å². The maximum absolute atomic E-state index is 12.6. The Labute approximate surface area is 159 Å². The monoisotopic (exact) mass is 361 g/mol. The molecule has 1 aliphatic heterocycles. The Balaban J connectivity index is 1.59. The summed E-state index contributed by atoms with van der Waals surface area (Å²) in [6.45, 7) is 6.78. The molecule has 0 spiro atoms. The van der Waals surface area contributed by atoms with Gasteiger partial charge in [0.15, 0.2) is 0 Å². The van der Waals surface area contributed by atoms with Crippen LogP contribution in [0.3, 0.4) is 0 Å². The molecular formula is C22H23N3O2. The lowest BCUT2D eigenvalue weighted by Crippen LogP contribution is -2.25. The molecule has 1 aliphatic rings. The zero-order chi connectivity index (χ0) is 19.0. The summed E-state index contributed by atoms with van der Waals surface area (Å²) in [6, 6.07) is 14.2. The van der Waals surface area contributed by atoms with Gasteiger partial charge in [0.1, 0.15) is 0 Å². The molecule has 1 fully saturated rings. The number of aryl methyl sites for hydroxylation is 3. The van der Waals surface area contributed by atoms with Crippen molar-refractivity contribution in [3.8, 4) is 11.4 Å². The van der Waals surface area contributed by atoms with Crippen LogP contribution >= 0.6 is 0 Å². The summed E-state index contributed by atoms with van der Waals surface area (Å²) < 4.78 is 5.54. The molecule has 5 heteroatoms. The van der Waals surface area contributed by atoms with E-state index in [4.69, 9.17) is 4.52 Å². The summed E-state index contributed by atoms with van der Waals surface area (Å²) in [5.74, 6) is 1.15. The van der Waals surface area contributed by atoms with Crippen molar-refractivity contribution in [3.05, 3.63) is 65.0 Å². The second kappa shape index (κ2) is 6.99. The van der Waals surface area contributed by atoms with E-state index < -0.39 is 0 Å². The fourth-order valence-electron chi connectivity index (χ4n) is 3.75. The third kappa shape index (κ3) is 3.25. The first-order valence-corrected chi connectivity index (χ1v) is 9.36. The molecule has 138 valence electrons. The van der Waals surface area contributed by atoms with Gasteiger partial charge < -0.3 is 9.42 Å². The van der Waals surface area contributed by atoms with Crippen molar-refractivity contribution in [2.24, 2.45) is 0 Å². The van der Waals surface area contributed by atoms with E-state index in [0.717, 1.165) is 23.2 Å². The summed E-state index contributed by atoms with van der Waals surface area (Å²) in [5, 5.41) is 4.16. The molecule has 0 radical (unpaired) electrons. The van der Waals surface area contributed by atoms with Crippen LogP contribution in [0.25, 0.3) is 11.4 Å². The van der Waals surface area contributed by atoms with Crippen molar-refractivity contribution in [1.29, 1.82) is 0 Å². The predicted molar refractivity (Wildman–Crippen MR) is 105 cm³/mol. The molecule has 0 N–H and O–H groups in total. The molecular weight excluding hydrogens is 338 g/mol. The Bertz CT molecular complexity index is 993. The van der Waals surface area contributed by atoms with Crippen LogP contribution in [-0.4, -0.2) is 22.6 Å². The van der Waals surface area contributed by atoms with Crippen molar-refractivity contribution >= 4 is 11.6 Å². The Morgan fingerprint density at radius 1 is 1.19 bits per heavy atom. The molecule has 5 nitrogen and oxygen atoms in total. The molecule has 0 bridgehead atoms. The quantitative estimate of drug-likeness (QED) is 0.689. The number of benzene rings is 2. The lowest BCUT2D eigenvalue weighted by molar-refractivity contribution is -0.117. The predicted octanol–water partition coefficient (Wildman–Crippen LogP) is 4.44. The van der Waals surface area contributed by atoms with Crippen LogP contribution in [0.15, 0.2) is 47.0 Å². The van der Waals surface area contributed by atoms with Crippen LogP contribution in [0.2, 0.25) is 0 Å². The highest BCUT2D eigenvalue weighted by Crippen LogP contribution is 2.34. The molecule has 1 atom stereocenters. The summed E-state index contributed by atoms with van der Waals surface area (Å²) in [5.41, 5.74) is 5.44. The van der Waals surface area contributed by atoms with Gasteiger partial charge >= 0.3 is 0 Å². The van der Waals surface area contributed by atoms with Crippen molar-refractivity contribution in [3.63, 3.8) is 0 Å². The van der Waals surface area contributed by atoms with E-state index in [1.54, 1.807) is 0 Å². The normalized spacial score (nSPS) is 16.9. The molecule has 0 aliphatic carbocycles. The molecule has 3 aromatic rings. The van der Waals surface area contributed by atoms with Crippen LogP contribution < -0.4 is 4.90 Å². The average Bonchev–Trinajstić information content (AvgIpc) is 3.28. The number of carbonyl (C=O) groups excluding carboxylic acids is 1. The van der Waals surface area contributed by atoms with Crippen molar-refractivity contribution < 1.29 is 9.32 Å². The first kappa shape index (κ1) is 17.5. The number of nitrogens with zero attached hydrogens (tertiary/aromatic N) is 3. The van der Waals surface area contributed by atoms with Gasteiger partial charge in [-0.3, -0.25) is 4.79 Å². The third-order valence-electron chi connectivity index (χ3n) is 5.20. The zero-order valence-corrected chi connectivity index (χ0v) is 15.9. The van der Waals surface area contributed by atoms with Crippen LogP contribution in [0.1, 0.15) is 41.8 Å². The molecule has 1 amide bonds. The van der Waals surface area contributed by atoms with E-state index in [1.807, 2.05) is 42.2 Å². The number of hydrogen-bond donors (Lipinski definition) is 0. The summed E-state index contributed by atoms with van der Waals surface area (Å²) in [6.07, 6.45) is 1.29. The van der Waals surface area contributed by atoms with Crippen LogP contribution in [0, 0.1) is 13.8 Å². The fourth-order valence-corrected chi connectivity index (χ4v) is 3.75. The minimum Gasteiger partial charge on any atom is -0.339 e. The highest BCUT2D eigenvalue weighted by atomic mass is 16.5. The van der Waals surface area contributed by atoms with Gasteiger partial charge in [-0.25, -0.2) is 0 Å². The minimum absolute atomic E-state index is 0.0746. The summed E-state index contributed by atoms with van der Waals surface area (Å²) in [7, 11) is 0. The number of rotatable bonds is 4. The Morgan fingerprint density at radius 3 is 2.78 bits per heavy atom. The number of anilines is 1. The van der Waals surface area contributed by atoms with Crippen molar-refractivity contribution in [1.82, 2.24) is 10.1 Å². The van der Waals surface area contributed by atoms with Gasteiger partial charge in [0.05, 0.1) is 5.92 Å². The van der Waals surface area contributed by atoms with E-state index >= 15 is 0 Å². The van der Waals surface area contributed by atoms with E-state index in [-0.39, 0.29) is 11.8 Å². The van der Waals surface area contributed by atoms with Crippen molar-refractivity contribution in [2.75, 3.05) is 11.4 Å². The third-order valence-corrected chi connectivity index (χ3v) is 5.20. The Hall–Kier alpha value is -2.95. The SMILES string of the molecule is CCc1ccccc1N1CC(c2nc(-c3ccc(C)cc3C)no2)CC1=O. The maximum atomic E-state index is 12.6. The smallest absolute Gasteiger partial charge is 0.232 e. The first-order chi connectivity index (χ1) is 13.1. The maximum Gasteiger partial charge on any atom is 0.232 e. The molecule has 2 aromatic carbocycles. The zero-order valence-electron chi connectivity index (χ0n) is 15.9. The number of para-hydroxylation sites is 1. The Morgan fingerprint density at radius 2 is 2.00 bits per heavy atom. The van der Waals surface area contributed by atoms with Crippen LogP contribution in [0.5, 0.6) is 0 Å². The van der Waals surface area contributed by atoms with Crippen molar-refractivity contribution in [2.45, 2.75) is 39.5 Å². The molecule has 0 saturated carbocycles. The van der Waals surface area contributed by atoms with E-state index in [9.17, 15) is 4.79 Å². The van der Waals surface area contributed by atoms with Gasteiger partial charge in [-0.15, -0.1) is 0 Å². The fraction of sp³-hybridized carbons (Fsp3) is 0.318. The summed E-state index contributed by atoms with van der Waals surface area (Å²) >= 11 is 0. The minimum atomic E-state index is -0.0746. The molecule has 1 aromatic heterocycles. The van der Waals surface area contributed by atoms with Gasteiger partial charge in [-0.05, 0) is 37.5 Å². The molecule has 4 rings (SSSR count). The second-order valence-corrected chi connectivity index (χ2v) is 7.16. The highest BCUT2D eigenvalue weighted by Gasteiger charge is 2.35. The summed E-state index contributed by atoms with van der Waals surface area (Å²) in [4.78, 5) is 19.1. The molecule has 1 saturated heterocycles. The van der Waals surface area contributed by atoms with E-state index in [0.29, 0.717) is 24.7 Å². The second-order valence-electron chi connectivity index (χ2n) is 7.16. The average molecular weight is 361 g/mol. The van der Waals surface area contributed by atoms with Gasteiger partial charge in [-0.2, -0.15) is 4.98 Å². The number of amides is 1.